The first-order valence-corrected chi connectivity index (χ1v) is 5.22. The highest BCUT2D eigenvalue weighted by Crippen LogP contribution is 2.25. The van der Waals surface area contributed by atoms with Crippen molar-refractivity contribution in [3.63, 3.8) is 0 Å². The number of methoxy groups -OCH3 is 1. The maximum absolute atomic E-state index is 11.1. The van der Waals surface area contributed by atoms with Crippen LogP contribution in [0.15, 0.2) is 33.4 Å². The predicted molar refractivity (Wildman–Crippen MR) is 59.6 cm³/mol. The number of esters is 1. The van der Waals surface area contributed by atoms with Crippen molar-refractivity contribution in [2.24, 2.45) is 0 Å². The largest absolute Gasteiger partial charge is 0.469 e. The third kappa shape index (κ3) is 2.04. The summed E-state index contributed by atoms with van der Waals surface area (Å²) >= 11 is 3.35. The van der Waals surface area contributed by atoms with Crippen LogP contribution in [0.2, 0.25) is 0 Å². The van der Waals surface area contributed by atoms with Gasteiger partial charge in [0, 0.05) is 15.4 Å². The Labute approximate surface area is 95.1 Å². The van der Waals surface area contributed by atoms with Crippen LogP contribution < -0.4 is 0 Å². The van der Waals surface area contributed by atoms with E-state index in [-0.39, 0.29) is 12.4 Å². The molecule has 0 bridgehead atoms. The third-order valence-electron chi connectivity index (χ3n) is 2.18. The molecule has 0 unspecified atom stereocenters. The van der Waals surface area contributed by atoms with Gasteiger partial charge in [-0.15, -0.1) is 0 Å². The van der Waals surface area contributed by atoms with Gasteiger partial charge in [-0.1, -0.05) is 15.9 Å². The van der Waals surface area contributed by atoms with Crippen LogP contribution in [-0.2, 0) is 16.0 Å². The van der Waals surface area contributed by atoms with Crippen molar-refractivity contribution in [1.29, 1.82) is 0 Å². The van der Waals surface area contributed by atoms with Crippen molar-refractivity contribution in [1.82, 2.24) is 0 Å². The zero-order chi connectivity index (χ0) is 10.8. The van der Waals surface area contributed by atoms with Crippen LogP contribution in [0, 0.1) is 0 Å². The minimum absolute atomic E-state index is 0.241. The second kappa shape index (κ2) is 4.06. The Balaban J connectivity index is 2.41. The Hall–Kier alpha value is -1.29. The summed E-state index contributed by atoms with van der Waals surface area (Å²) in [6.07, 6.45) is 1.83. The van der Waals surface area contributed by atoms with E-state index in [0.717, 1.165) is 21.0 Å². The molecular weight excluding hydrogens is 260 g/mol. The molecule has 1 heterocycles. The Bertz CT molecular complexity index is 502. The molecule has 2 aromatic rings. The molecule has 0 saturated heterocycles. The quantitative estimate of drug-likeness (QED) is 0.787. The monoisotopic (exact) mass is 268 g/mol. The van der Waals surface area contributed by atoms with Gasteiger partial charge in [0.05, 0.1) is 19.8 Å². The Morgan fingerprint density at radius 1 is 1.53 bits per heavy atom. The first kappa shape index (κ1) is 10.2. The third-order valence-corrected chi connectivity index (χ3v) is 2.67. The van der Waals surface area contributed by atoms with Crippen molar-refractivity contribution in [3.05, 3.63) is 34.5 Å². The van der Waals surface area contributed by atoms with Crippen LogP contribution in [0.3, 0.4) is 0 Å². The normalized spacial score (nSPS) is 10.5. The lowest BCUT2D eigenvalue weighted by Gasteiger charge is -1.96. The number of hydrogen-bond acceptors (Lipinski definition) is 3. The second-order valence-electron chi connectivity index (χ2n) is 3.15. The van der Waals surface area contributed by atoms with Gasteiger partial charge in [0.1, 0.15) is 5.58 Å². The number of carbonyl (C=O) groups excluding carboxylic acids is 1. The van der Waals surface area contributed by atoms with Crippen molar-refractivity contribution in [2.45, 2.75) is 6.42 Å². The van der Waals surface area contributed by atoms with E-state index in [1.807, 2.05) is 18.2 Å². The van der Waals surface area contributed by atoms with Gasteiger partial charge in [-0.2, -0.15) is 0 Å². The Morgan fingerprint density at radius 3 is 3.07 bits per heavy atom. The number of furan rings is 1. The Kier molecular flexibility index (Phi) is 2.77. The van der Waals surface area contributed by atoms with Gasteiger partial charge in [0.25, 0.3) is 0 Å². The van der Waals surface area contributed by atoms with Gasteiger partial charge >= 0.3 is 5.97 Å². The van der Waals surface area contributed by atoms with Crippen molar-refractivity contribution in [2.75, 3.05) is 7.11 Å². The second-order valence-corrected chi connectivity index (χ2v) is 4.07. The van der Waals surface area contributed by atoms with Crippen molar-refractivity contribution >= 4 is 32.9 Å². The molecule has 0 N–H and O–H groups in total. The van der Waals surface area contributed by atoms with Crippen LogP contribution in [0.25, 0.3) is 11.0 Å². The van der Waals surface area contributed by atoms with Crippen LogP contribution >= 0.6 is 15.9 Å². The minimum atomic E-state index is -0.263. The number of fused-ring (bicyclic) bond motifs is 1. The van der Waals surface area contributed by atoms with E-state index in [1.165, 1.54) is 7.11 Å². The molecule has 0 amide bonds. The number of ether oxygens (including phenoxy) is 1. The molecule has 3 nitrogen and oxygen atoms in total. The van der Waals surface area contributed by atoms with E-state index in [0.29, 0.717) is 0 Å². The topological polar surface area (TPSA) is 39.4 Å². The number of benzene rings is 1. The van der Waals surface area contributed by atoms with Gasteiger partial charge in [0.15, 0.2) is 0 Å². The summed E-state index contributed by atoms with van der Waals surface area (Å²) in [4.78, 5) is 11.1. The zero-order valence-corrected chi connectivity index (χ0v) is 9.71. The maximum Gasteiger partial charge on any atom is 0.310 e. The van der Waals surface area contributed by atoms with Crippen LogP contribution in [0.1, 0.15) is 5.56 Å². The van der Waals surface area contributed by atoms with E-state index in [9.17, 15) is 4.79 Å². The molecule has 0 aliphatic rings. The highest BCUT2D eigenvalue weighted by Gasteiger charge is 2.10. The molecule has 1 aromatic carbocycles. The molecule has 4 heteroatoms. The lowest BCUT2D eigenvalue weighted by atomic mass is 10.1. The van der Waals surface area contributed by atoms with Gasteiger partial charge in [-0.25, -0.2) is 0 Å². The average molecular weight is 269 g/mol. The molecule has 2 rings (SSSR count). The summed E-state index contributed by atoms with van der Waals surface area (Å²) in [5.41, 5.74) is 1.62. The standard InChI is InChI=1S/C11H9BrO3/c1-14-11(13)4-7-6-15-10-5-8(12)2-3-9(7)10/h2-3,5-6H,4H2,1H3. The fraction of sp³-hybridized carbons (Fsp3) is 0.182. The molecule has 1 aromatic heterocycles. The van der Waals surface area contributed by atoms with Gasteiger partial charge < -0.3 is 9.15 Å². The number of rotatable bonds is 2. The molecule has 0 fully saturated rings. The summed E-state index contributed by atoms with van der Waals surface area (Å²) in [5, 5.41) is 0.948. The SMILES string of the molecule is COC(=O)Cc1coc2cc(Br)ccc12. The van der Waals surface area contributed by atoms with Crippen molar-refractivity contribution < 1.29 is 13.9 Å². The van der Waals surface area contributed by atoms with Gasteiger partial charge in [0.2, 0.25) is 0 Å². The van der Waals surface area contributed by atoms with E-state index in [4.69, 9.17) is 4.42 Å². The van der Waals surface area contributed by atoms with E-state index in [2.05, 4.69) is 20.7 Å². The fourth-order valence-electron chi connectivity index (χ4n) is 1.42. The summed E-state index contributed by atoms with van der Waals surface area (Å²) in [7, 11) is 1.38. The zero-order valence-electron chi connectivity index (χ0n) is 8.12. The lowest BCUT2D eigenvalue weighted by molar-refractivity contribution is -0.139. The van der Waals surface area contributed by atoms with Gasteiger partial charge in [-0.05, 0) is 18.2 Å². The lowest BCUT2D eigenvalue weighted by Crippen LogP contribution is -2.03. The van der Waals surface area contributed by atoms with E-state index < -0.39 is 0 Å². The number of carbonyl (C=O) groups is 1. The molecule has 15 heavy (non-hydrogen) atoms. The Morgan fingerprint density at radius 2 is 2.33 bits per heavy atom. The number of hydrogen-bond donors (Lipinski definition) is 0. The summed E-state index contributed by atoms with van der Waals surface area (Å²) in [6, 6.07) is 5.70. The molecule has 0 atom stereocenters. The van der Waals surface area contributed by atoms with Gasteiger partial charge in [-0.3, -0.25) is 4.79 Å². The predicted octanol–water partition coefficient (Wildman–Crippen LogP) is 2.91. The van der Waals surface area contributed by atoms with Crippen molar-refractivity contribution in [3.8, 4) is 0 Å². The highest BCUT2D eigenvalue weighted by atomic mass is 79.9. The summed E-state index contributed by atoms with van der Waals surface area (Å²) in [5.74, 6) is -0.263. The first-order chi connectivity index (χ1) is 7.20. The maximum atomic E-state index is 11.1. The molecule has 0 aliphatic heterocycles. The molecule has 0 saturated carbocycles. The first-order valence-electron chi connectivity index (χ1n) is 4.43. The van der Waals surface area contributed by atoms with Crippen LogP contribution in [0.4, 0.5) is 0 Å². The molecule has 78 valence electrons. The fourth-order valence-corrected chi connectivity index (χ4v) is 1.76. The summed E-state index contributed by atoms with van der Waals surface area (Å²) < 4.78 is 10.9. The molecule has 0 aliphatic carbocycles. The number of halogens is 1. The highest BCUT2D eigenvalue weighted by molar-refractivity contribution is 9.10. The minimum Gasteiger partial charge on any atom is -0.469 e. The molecule has 0 spiro atoms. The van der Waals surface area contributed by atoms with E-state index in [1.54, 1.807) is 6.26 Å². The average Bonchev–Trinajstić information content (AvgIpc) is 2.60. The van der Waals surface area contributed by atoms with Crippen LogP contribution in [-0.4, -0.2) is 13.1 Å². The molecular formula is C11H9BrO3. The molecule has 0 radical (unpaired) electrons. The smallest absolute Gasteiger partial charge is 0.310 e. The van der Waals surface area contributed by atoms with Crippen LogP contribution in [0.5, 0.6) is 0 Å². The van der Waals surface area contributed by atoms with E-state index >= 15 is 0 Å². The summed E-state index contributed by atoms with van der Waals surface area (Å²) in [6.45, 7) is 0.